The third-order valence-electron chi connectivity index (χ3n) is 10.3. The van der Waals surface area contributed by atoms with E-state index in [0.717, 1.165) is 57.1 Å². The number of allylic oxidation sites excluding steroid dienone is 4. The smallest absolute Gasteiger partial charge is 0.305 e. The molecule has 55 heavy (non-hydrogen) atoms. The van der Waals surface area contributed by atoms with Crippen LogP contribution in [0.5, 0.6) is 0 Å². The van der Waals surface area contributed by atoms with Crippen LogP contribution < -0.4 is 11.1 Å². The number of unbranched alkanes of at least 4 members (excludes halogenated alkanes) is 22. The lowest BCUT2D eigenvalue weighted by molar-refractivity contribution is -0.448. The minimum atomic E-state index is -0.534. The molecule has 0 spiro atoms. The van der Waals surface area contributed by atoms with Crippen LogP contribution >= 0.6 is 0 Å². The van der Waals surface area contributed by atoms with Gasteiger partial charge in [-0.15, -0.1) is 0 Å². The number of esters is 2. The van der Waals surface area contributed by atoms with Crippen LogP contribution in [0.4, 0.5) is 0 Å². The topological polar surface area (TPSA) is 130 Å². The van der Waals surface area contributed by atoms with Crippen molar-refractivity contribution in [2.24, 2.45) is 4.99 Å². The summed E-state index contributed by atoms with van der Waals surface area (Å²) in [4.78, 5) is 44.1. The van der Waals surface area contributed by atoms with Crippen molar-refractivity contribution in [1.29, 1.82) is 0 Å². The molecule has 0 bridgehead atoms. The molecule has 1 aliphatic rings. The maximum Gasteiger partial charge on any atom is 0.305 e. The van der Waals surface area contributed by atoms with Gasteiger partial charge in [0.25, 0.3) is 5.91 Å². The molecule has 9 heteroatoms. The number of amides is 1. The van der Waals surface area contributed by atoms with Crippen LogP contribution in [0.2, 0.25) is 0 Å². The minimum absolute atomic E-state index is 0.111. The highest BCUT2D eigenvalue weighted by Gasteiger charge is 2.26. The van der Waals surface area contributed by atoms with Crippen molar-refractivity contribution < 1.29 is 34.9 Å². The Morgan fingerprint density at radius 3 is 1.38 bits per heavy atom. The summed E-state index contributed by atoms with van der Waals surface area (Å²) in [6, 6.07) is -0.534. The first kappa shape index (κ1) is 50.2. The molecule has 0 aromatic heterocycles. The molecule has 1 heterocycles. The van der Waals surface area contributed by atoms with E-state index in [1.54, 1.807) is 11.2 Å². The zero-order valence-corrected chi connectivity index (χ0v) is 35.6. The fraction of sp³-hybridized carbons (Fsp3) is 0.783. The number of ether oxygens (including phenoxy) is 2. The highest BCUT2D eigenvalue weighted by atomic mass is 16.5. The van der Waals surface area contributed by atoms with Crippen LogP contribution in [-0.2, 0) is 23.9 Å². The number of hydrogen-bond donors (Lipinski definition) is 2. The number of nitrogens with zero attached hydrogens (tertiary/aromatic N) is 2. The largest absolute Gasteiger partial charge is 0.464 e. The SMILES string of the molecule is CCCCCCCC/C=C\CCCCCCCC(=O)OCCN(CCOC(=O)CCCCCCC/C=C\CCCCCCCC)C(=O)C([NH3+])CC1=C[NH2+]C=N1. The molecule has 316 valence electrons. The van der Waals surface area contributed by atoms with Crippen molar-refractivity contribution in [2.45, 2.75) is 206 Å². The van der Waals surface area contributed by atoms with E-state index < -0.39 is 6.04 Å². The normalized spacial score (nSPS) is 13.2. The average molecular weight is 773 g/mol. The average Bonchev–Trinajstić information content (AvgIpc) is 3.70. The van der Waals surface area contributed by atoms with Crippen LogP contribution in [0.1, 0.15) is 200 Å². The van der Waals surface area contributed by atoms with E-state index in [1.165, 1.54) is 116 Å². The summed E-state index contributed by atoms with van der Waals surface area (Å²) >= 11 is 0. The van der Waals surface area contributed by atoms with E-state index >= 15 is 0 Å². The molecular weight excluding hydrogens is 689 g/mol. The molecule has 1 rings (SSSR count). The lowest BCUT2D eigenvalue weighted by Gasteiger charge is -2.24. The Morgan fingerprint density at radius 2 is 1.00 bits per heavy atom. The maximum absolute atomic E-state index is 13.3. The number of carbonyl (C=O) groups excluding carboxylic acids is 3. The zero-order chi connectivity index (χ0) is 39.9. The summed E-state index contributed by atoms with van der Waals surface area (Å²) in [7, 11) is 0. The molecule has 0 aromatic rings. The van der Waals surface area contributed by atoms with Crippen LogP contribution in [0, 0.1) is 0 Å². The fourth-order valence-corrected chi connectivity index (χ4v) is 6.75. The first-order valence-electron chi connectivity index (χ1n) is 22.8. The Hall–Kier alpha value is -2.78. The highest BCUT2D eigenvalue weighted by molar-refractivity contribution is 5.81. The first-order chi connectivity index (χ1) is 27.0. The molecule has 1 unspecified atom stereocenters. The molecule has 1 aliphatic heterocycles. The van der Waals surface area contributed by atoms with Gasteiger partial charge in [-0.2, -0.15) is 0 Å². The summed E-state index contributed by atoms with van der Waals surface area (Å²) in [5.41, 5.74) is 4.89. The molecule has 1 atom stereocenters. The molecule has 0 saturated carbocycles. The zero-order valence-electron chi connectivity index (χ0n) is 35.6. The molecule has 1 amide bonds. The Kier molecular flexibility index (Phi) is 34.8. The van der Waals surface area contributed by atoms with E-state index in [9.17, 15) is 14.4 Å². The summed E-state index contributed by atoms with van der Waals surface area (Å²) < 4.78 is 11.0. The second-order valence-electron chi connectivity index (χ2n) is 15.5. The van der Waals surface area contributed by atoms with Crippen LogP contribution in [0.3, 0.4) is 0 Å². The van der Waals surface area contributed by atoms with Gasteiger partial charge in [0.05, 0.1) is 19.5 Å². The number of aliphatic imine (C=N–C) groups is 1. The summed E-state index contributed by atoms with van der Waals surface area (Å²) in [6.45, 7) is 5.22. The molecule has 0 fully saturated rings. The van der Waals surface area contributed by atoms with Gasteiger partial charge in [-0.25, -0.2) is 4.99 Å². The van der Waals surface area contributed by atoms with E-state index in [2.05, 4.69) is 48.9 Å². The van der Waals surface area contributed by atoms with Gasteiger partial charge in [0.15, 0.2) is 12.4 Å². The molecule has 9 nitrogen and oxygen atoms in total. The minimum Gasteiger partial charge on any atom is -0.464 e. The fourth-order valence-electron chi connectivity index (χ4n) is 6.75. The Morgan fingerprint density at radius 1 is 0.618 bits per heavy atom. The standard InChI is InChI=1S/C46H82N4O5/c1-3-5-7-9-11-13-15-17-19-21-23-25-27-29-31-33-44(51)54-37-35-50(46(53)43(47)39-42-40-48-41-49-42)36-38-55-45(52)34-32-30-28-26-24-22-20-18-16-14-12-10-8-6-4-2/h17-20,40-41,43H,3-16,21-39,47H2,1-2H3,(H,48,49)/p+2/b19-17-,20-18-. The Labute approximate surface area is 336 Å². The predicted octanol–water partition coefficient (Wildman–Crippen LogP) is 9.42. The van der Waals surface area contributed by atoms with Gasteiger partial charge in [-0.3, -0.25) is 19.7 Å². The highest BCUT2D eigenvalue weighted by Crippen LogP contribution is 2.13. The van der Waals surface area contributed by atoms with Crippen LogP contribution in [-0.4, -0.2) is 61.4 Å². The lowest BCUT2D eigenvalue weighted by atomic mass is 10.1. The third-order valence-corrected chi connectivity index (χ3v) is 10.3. The van der Waals surface area contributed by atoms with Gasteiger partial charge in [0.2, 0.25) is 0 Å². The van der Waals surface area contributed by atoms with Gasteiger partial charge in [-0.05, 0) is 64.2 Å². The van der Waals surface area contributed by atoms with E-state index in [4.69, 9.17) is 9.47 Å². The third kappa shape index (κ3) is 32.1. The summed E-state index contributed by atoms with van der Waals surface area (Å²) in [5, 5.41) is 1.84. The van der Waals surface area contributed by atoms with Gasteiger partial charge in [0.1, 0.15) is 25.1 Å². The molecule has 0 saturated heterocycles. The van der Waals surface area contributed by atoms with Gasteiger partial charge >= 0.3 is 11.9 Å². The number of nitrogens with two attached hydrogens (primary N) is 1. The van der Waals surface area contributed by atoms with Crippen molar-refractivity contribution in [3.05, 3.63) is 36.2 Å². The van der Waals surface area contributed by atoms with Crippen molar-refractivity contribution in [3.8, 4) is 0 Å². The quantitative estimate of drug-likeness (QED) is 0.0366. The second kappa shape index (κ2) is 38.1. The molecule has 0 radical (unpaired) electrons. The van der Waals surface area contributed by atoms with Gasteiger partial charge in [-0.1, -0.05) is 141 Å². The monoisotopic (exact) mass is 773 g/mol. The number of quaternary nitrogens is 2. The van der Waals surface area contributed by atoms with E-state index in [0.29, 0.717) is 19.3 Å². The predicted molar refractivity (Wildman–Crippen MR) is 227 cm³/mol. The molecule has 0 aliphatic carbocycles. The lowest BCUT2D eigenvalue weighted by Crippen LogP contribution is -2.74. The Bertz CT molecular complexity index is 1010. The van der Waals surface area contributed by atoms with Crippen molar-refractivity contribution in [2.75, 3.05) is 26.3 Å². The summed E-state index contributed by atoms with van der Waals surface area (Å²) in [5.74, 6) is -0.628. The van der Waals surface area contributed by atoms with E-state index in [1.807, 2.05) is 11.5 Å². The second-order valence-corrected chi connectivity index (χ2v) is 15.5. The number of rotatable bonds is 39. The van der Waals surface area contributed by atoms with Gasteiger partial charge in [0, 0.05) is 12.8 Å². The number of hydrogen-bond acceptors (Lipinski definition) is 6. The first-order valence-corrected chi connectivity index (χ1v) is 22.8. The summed E-state index contributed by atoms with van der Waals surface area (Å²) in [6.07, 6.45) is 45.6. The molecule has 0 aromatic carbocycles. The number of carbonyl (C=O) groups is 3. The Balaban J connectivity index is 2.21. The van der Waals surface area contributed by atoms with Crippen molar-refractivity contribution in [1.82, 2.24) is 4.90 Å². The van der Waals surface area contributed by atoms with Crippen LogP contribution in [0.15, 0.2) is 41.2 Å². The van der Waals surface area contributed by atoms with Crippen molar-refractivity contribution >= 4 is 24.2 Å². The van der Waals surface area contributed by atoms with Gasteiger partial charge < -0.3 is 20.1 Å². The molecule has 5 N–H and O–H groups in total. The van der Waals surface area contributed by atoms with Crippen LogP contribution in [0.25, 0.3) is 0 Å². The maximum atomic E-state index is 13.3. The van der Waals surface area contributed by atoms with Crippen molar-refractivity contribution in [3.63, 3.8) is 0 Å². The molecular formula is C46H84N4O5+2. The van der Waals surface area contributed by atoms with E-state index in [-0.39, 0.29) is 44.1 Å².